The Labute approximate surface area is 234 Å². The number of methoxy groups -OCH3 is 1. The second kappa shape index (κ2) is 12.3. The first kappa shape index (κ1) is 27.4. The van der Waals surface area contributed by atoms with E-state index in [2.05, 4.69) is 54.8 Å². The standard InChI is InChI=1S/C32H36N4O4/c1-21-11-12-22(2)25(16-21)18-33-26-17-27-28(35-31(37)24-13-15-40-20-24)29(32(38)39-3)36(30(27)34-19-26)14-7-10-23-8-5-4-6-9-23/h4-6,8-9,11-12,16-17,19,24,33H,7,10,13-15,18,20H2,1-3H3,(H,35,37). The number of ether oxygens (including phenoxy) is 2. The molecule has 1 saturated heterocycles. The number of rotatable bonds is 10. The number of aryl methyl sites for hydroxylation is 4. The Morgan fingerprint density at radius 3 is 2.70 bits per heavy atom. The summed E-state index contributed by atoms with van der Waals surface area (Å²) < 4.78 is 12.5. The molecule has 1 atom stereocenters. The van der Waals surface area contributed by atoms with Crippen molar-refractivity contribution < 1.29 is 19.1 Å². The molecule has 0 aliphatic carbocycles. The number of hydrogen-bond donors (Lipinski definition) is 2. The molecule has 1 fully saturated rings. The average Bonchev–Trinajstić information content (AvgIpc) is 3.61. The zero-order chi connectivity index (χ0) is 28.1. The molecule has 2 N–H and O–H groups in total. The number of esters is 1. The van der Waals surface area contributed by atoms with E-state index < -0.39 is 5.97 Å². The van der Waals surface area contributed by atoms with Gasteiger partial charge in [-0.15, -0.1) is 0 Å². The second-order valence-electron chi connectivity index (χ2n) is 10.4. The highest BCUT2D eigenvalue weighted by atomic mass is 16.5. The molecule has 1 unspecified atom stereocenters. The van der Waals surface area contributed by atoms with Crippen LogP contribution in [0.5, 0.6) is 0 Å². The molecule has 1 aliphatic heterocycles. The molecule has 3 heterocycles. The predicted octanol–water partition coefficient (Wildman–Crippen LogP) is 5.66. The number of aromatic nitrogens is 2. The molecule has 1 amide bonds. The minimum atomic E-state index is -0.513. The van der Waals surface area contributed by atoms with Crippen LogP contribution in [0.2, 0.25) is 0 Å². The number of hydrogen-bond acceptors (Lipinski definition) is 6. The first-order valence-electron chi connectivity index (χ1n) is 13.8. The summed E-state index contributed by atoms with van der Waals surface area (Å²) in [5.74, 6) is -0.944. The monoisotopic (exact) mass is 540 g/mol. The van der Waals surface area contributed by atoms with Crippen molar-refractivity contribution in [2.24, 2.45) is 5.92 Å². The number of nitrogens with one attached hydrogen (secondary N) is 2. The normalized spacial score (nSPS) is 14.8. The van der Waals surface area contributed by atoms with Crippen molar-refractivity contribution in [2.75, 3.05) is 31.0 Å². The maximum atomic E-state index is 13.2. The number of carbonyl (C=O) groups is 2. The number of nitrogens with zero attached hydrogens (tertiary/aromatic N) is 2. The molecule has 0 radical (unpaired) electrons. The van der Waals surface area contributed by atoms with Gasteiger partial charge in [-0.1, -0.05) is 54.1 Å². The quantitative estimate of drug-likeness (QED) is 0.252. The molecule has 8 nitrogen and oxygen atoms in total. The van der Waals surface area contributed by atoms with Crippen LogP contribution in [0.3, 0.4) is 0 Å². The molecule has 2 aromatic heterocycles. The van der Waals surface area contributed by atoms with Gasteiger partial charge in [-0.25, -0.2) is 9.78 Å². The lowest BCUT2D eigenvalue weighted by molar-refractivity contribution is -0.119. The summed E-state index contributed by atoms with van der Waals surface area (Å²) in [5.41, 5.74) is 6.99. The number of benzene rings is 2. The van der Waals surface area contributed by atoms with Crippen molar-refractivity contribution in [1.29, 1.82) is 0 Å². The Kier molecular flexibility index (Phi) is 8.45. The van der Waals surface area contributed by atoms with Gasteiger partial charge in [-0.3, -0.25) is 4.79 Å². The van der Waals surface area contributed by atoms with Crippen molar-refractivity contribution in [3.05, 3.63) is 88.7 Å². The SMILES string of the molecule is COC(=O)c1c(NC(=O)C2CCOC2)c2cc(NCc3cc(C)ccc3C)cnc2n1CCCc1ccccc1. The fourth-order valence-electron chi connectivity index (χ4n) is 5.22. The van der Waals surface area contributed by atoms with Crippen LogP contribution in [-0.2, 0) is 33.8 Å². The maximum Gasteiger partial charge on any atom is 0.356 e. The second-order valence-corrected chi connectivity index (χ2v) is 10.4. The van der Waals surface area contributed by atoms with Crippen molar-refractivity contribution in [3.8, 4) is 0 Å². The molecular formula is C32H36N4O4. The first-order chi connectivity index (χ1) is 19.4. The number of carbonyl (C=O) groups excluding carboxylic acids is 2. The van der Waals surface area contributed by atoms with Gasteiger partial charge in [0, 0.05) is 25.1 Å². The lowest BCUT2D eigenvalue weighted by atomic mass is 10.1. The van der Waals surface area contributed by atoms with Crippen molar-refractivity contribution >= 4 is 34.3 Å². The minimum absolute atomic E-state index is 0.167. The molecule has 8 heteroatoms. The molecule has 1 aliphatic rings. The Morgan fingerprint density at radius 1 is 1.12 bits per heavy atom. The predicted molar refractivity (Wildman–Crippen MR) is 157 cm³/mol. The van der Waals surface area contributed by atoms with Crippen molar-refractivity contribution in [1.82, 2.24) is 9.55 Å². The summed E-state index contributed by atoms with van der Waals surface area (Å²) in [6.07, 6.45) is 4.06. The molecule has 40 heavy (non-hydrogen) atoms. The van der Waals surface area contributed by atoms with E-state index in [1.165, 1.54) is 29.4 Å². The Balaban J connectivity index is 1.51. The molecule has 5 rings (SSSR count). The third-order valence-corrected chi connectivity index (χ3v) is 7.50. The summed E-state index contributed by atoms with van der Waals surface area (Å²) in [5, 5.41) is 7.21. The smallest absolute Gasteiger partial charge is 0.356 e. The Morgan fingerprint density at radius 2 is 1.95 bits per heavy atom. The molecule has 0 saturated carbocycles. The lowest BCUT2D eigenvalue weighted by Crippen LogP contribution is -2.24. The fourth-order valence-corrected chi connectivity index (χ4v) is 5.22. The van der Waals surface area contributed by atoms with Crippen LogP contribution in [0, 0.1) is 19.8 Å². The summed E-state index contributed by atoms with van der Waals surface area (Å²) in [4.78, 5) is 31.1. The van der Waals surface area contributed by atoms with Crippen LogP contribution in [0.1, 0.15) is 45.6 Å². The van der Waals surface area contributed by atoms with Gasteiger partial charge in [-0.2, -0.15) is 0 Å². The number of fused-ring (bicyclic) bond motifs is 1. The van der Waals surface area contributed by atoms with Crippen LogP contribution in [0.25, 0.3) is 11.0 Å². The summed E-state index contributed by atoms with van der Waals surface area (Å²) in [7, 11) is 1.36. The van der Waals surface area contributed by atoms with Crippen LogP contribution < -0.4 is 10.6 Å². The molecule has 2 aromatic carbocycles. The van der Waals surface area contributed by atoms with E-state index in [0.29, 0.717) is 55.1 Å². The summed E-state index contributed by atoms with van der Waals surface area (Å²) >= 11 is 0. The molecule has 0 bridgehead atoms. The largest absolute Gasteiger partial charge is 0.464 e. The topological polar surface area (TPSA) is 94.5 Å². The third kappa shape index (κ3) is 6.02. The van der Waals surface area contributed by atoms with E-state index in [1.54, 1.807) is 6.20 Å². The van der Waals surface area contributed by atoms with Gasteiger partial charge in [0.05, 0.1) is 37.2 Å². The third-order valence-electron chi connectivity index (χ3n) is 7.50. The van der Waals surface area contributed by atoms with Crippen molar-refractivity contribution in [3.63, 3.8) is 0 Å². The fraction of sp³-hybridized carbons (Fsp3) is 0.344. The number of anilines is 2. The highest BCUT2D eigenvalue weighted by Crippen LogP contribution is 2.34. The summed E-state index contributed by atoms with van der Waals surface area (Å²) in [6.45, 7) is 6.27. The van der Waals surface area contributed by atoms with Crippen LogP contribution in [0.4, 0.5) is 11.4 Å². The van der Waals surface area contributed by atoms with E-state index in [-0.39, 0.29) is 11.8 Å². The summed E-state index contributed by atoms with van der Waals surface area (Å²) in [6, 6.07) is 18.6. The van der Waals surface area contributed by atoms with E-state index >= 15 is 0 Å². The number of amides is 1. The molecule has 208 valence electrons. The molecule has 4 aromatic rings. The minimum Gasteiger partial charge on any atom is -0.464 e. The molecular weight excluding hydrogens is 504 g/mol. The van der Waals surface area contributed by atoms with Gasteiger partial charge >= 0.3 is 5.97 Å². The van der Waals surface area contributed by atoms with Gasteiger partial charge in [0.1, 0.15) is 5.65 Å². The van der Waals surface area contributed by atoms with Gasteiger partial charge < -0.3 is 24.7 Å². The van der Waals surface area contributed by atoms with Gasteiger partial charge in [0.25, 0.3) is 0 Å². The highest BCUT2D eigenvalue weighted by molar-refractivity contribution is 6.11. The van der Waals surface area contributed by atoms with Gasteiger partial charge in [-0.05, 0) is 55.9 Å². The maximum absolute atomic E-state index is 13.2. The number of pyridine rings is 1. The van der Waals surface area contributed by atoms with Gasteiger partial charge in [0.15, 0.2) is 5.69 Å². The van der Waals surface area contributed by atoms with Crippen LogP contribution >= 0.6 is 0 Å². The van der Waals surface area contributed by atoms with E-state index in [0.717, 1.165) is 18.5 Å². The van der Waals surface area contributed by atoms with Crippen LogP contribution in [0.15, 0.2) is 60.8 Å². The average molecular weight is 541 g/mol. The zero-order valence-corrected chi connectivity index (χ0v) is 23.3. The van der Waals surface area contributed by atoms with E-state index in [9.17, 15) is 9.59 Å². The van der Waals surface area contributed by atoms with Gasteiger partial charge in [0.2, 0.25) is 5.91 Å². The Hall–Kier alpha value is -4.17. The Bertz CT molecular complexity index is 1510. The van der Waals surface area contributed by atoms with E-state index in [1.807, 2.05) is 28.8 Å². The van der Waals surface area contributed by atoms with Crippen molar-refractivity contribution in [2.45, 2.75) is 46.2 Å². The zero-order valence-electron chi connectivity index (χ0n) is 23.3. The molecule has 0 spiro atoms. The van der Waals surface area contributed by atoms with Crippen LogP contribution in [-0.4, -0.2) is 41.8 Å². The van der Waals surface area contributed by atoms with E-state index in [4.69, 9.17) is 14.5 Å². The highest BCUT2D eigenvalue weighted by Gasteiger charge is 2.29. The first-order valence-corrected chi connectivity index (χ1v) is 13.8. The lowest BCUT2D eigenvalue weighted by Gasteiger charge is -2.12.